The van der Waals surface area contributed by atoms with E-state index in [4.69, 9.17) is 33.7 Å². The summed E-state index contributed by atoms with van der Waals surface area (Å²) in [5.41, 5.74) is 7.29. The second-order valence-corrected chi connectivity index (χ2v) is 6.40. The van der Waals surface area contributed by atoms with Gasteiger partial charge in [0.1, 0.15) is 5.75 Å². The first kappa shape index (κ1) is 16.5. The Hall–Kier alpha value is -0.870. The molecule has 2 N–H and O–H groups in total. The molecule has 2 nitrogen and oxygen atoms in total. The van der Waals surface area contributed by atoms with E-state index in [1.807, 2.05) is 37.3 Å². The minimum absolute atomic E-state index is 0.0688. The normalized spacial score (nSPS) is 12.2. The number of halogens is 2. The number of thioether (sulfide) groups is 1. The second kappa shape index (κ2) is 7.95. The SMILES string of the molecule is CCOc1ccc(C(N)CSc2cc(Cl)ccc2Cl)cc1. The van der Waals surface area contributed by atoms with E-state index in [1.165, 1.54) is 0 Å². The molecule has 0 saturated heterocycles. The molecule has 0 aromatic heterocycles. The van der Waals surface area contributed by atoms with Crippen LogP contribution in [0.5, 0.6) is 5.75 Å². The standard InChI is InChI=1S/C16H17Cl2NOS/c1-2-20-13-6-3-11(4-7-13)15(19)10-21-16-9-12(17)5-8-14(16)18/h3-9,15H,2,10,19H2,1H3. The van der Waals surface area contributed by atoms with Gasteiger partial charge in [0.15, 0.2) is 0 Å². The maximum Gasteiger partial charge on any atom is 0.119 e. The minimum atomic E-state index is -0.0688. The summed E-state index contributed by atoms with van der Waals surface area (Å²) in [6.07, 6.45) is 0. The van der Waals surface area contributed by atoms with Crippen LogP contribution in [0.25, 0.3) is 0 Å². The zero-order valence-electron chi connectivity index (χ0n) is 11.7. The molecule has 5 heteroatoms. The van der Waals surface area contributed by atoms with Crippen molar-refractivity contribution < 1.29 is 4.74 Å². The van der Waals surface area contributed by atoms with Crippen molar-refractivity contribution in [2.24, 2.45) is 5.73 Å². The van der Waals surface area contributed by atoms with Gasteiger partial charge in [0.25, 0.3) is 0 Å². The van der Waals surface area contributed by atoms with Crippen molar-refractivity contribution in [1.29, 1.82) is 0 Å². The number of ether oxygens (including phenoxy) is 1. The van der Waals surface area contributed by atoms with E-state index < -0.39 is 0 Å². The number of benzene rings is 2. The van der Waals surface area contributed by atoms with E-state index in [2.05, 4.69) is 0 Å². The average molecular weight is 342 g/mol. The van der Waals surface area contributed by atoms with Gasteiger partial charge in [0.05, 0.1) is 11.6 Å². The maximum absolute atomic E-state index is 6.22. The number of rotatable bonds is 6. The molecule has 2 rings (SSSR count). The van der Waals surface area contributed by atoms with Gasteiger partial charge in [-0.15, -0.1) is 11.8 Å². The summed E-state index contributed by atoms with van der Waals surface area (Å²) in [4.78, 5) is 0.950. The van der Waals surface area contributed by atoms with E-state index in [-0.39, 0.29) is 6.04 Å². The maximum atomic E-state index is 6.22. The van der Waals surface area contributed by atoms with Crippen molar-refractivity contribution in [2.75, 3.05) is 12.4 Å². The smallest absolute Gasteiger partial charge is 0.119 e. The Morgan fingerprint density at radius 3 is 2.52 bits per heavy atom. The third-order valence-corrected chi connectivity index (χ3v) is 4.78. The molecule has 1 unspecified atom stereocenters. The monoisotopic (exact) mass is 341 g/mol. The molecule has 2 aromatic carbocycles. The lowest BCUT2D eigenvalue weighted by Crippen LogP contribution is -2.12. The van der Waals surface area contributed by atoms with Gasteiger partial charge in [-0.1, -0.05) is 35.3 Å². The number of hydrogen-bond donors (Lipinski definition) is 1. The highest BCUT2D eigenvalue weighted by molar-refractivity contribution is 7.99. The zero-order valence-corrected chi connectivity index (χ0v) is 14.0. The number of hydrogen-bond acceptors (Lipinski definition) is 3. The van der Waals surface area contributed by atoms with Gasteiger partial charge in [-0.2, -0.15) is 0 Å². The molecule has 0 aliphatic heterocycles. The predicted molar refractivity (Wildman–Crippen MR) is 91.7 cm³/mol. The Morgan fingerprint density at radius 1 is 1.14 bits per heavy atom. The van der Waals surface area contributed by atoms with Gasteiger partial charge >= 0.3 is 0 Å². The van der Waals surface area contributed by atoms with Gasteiger partial charge in [-0.05, 0) is 42.8 Å². The Balaban J connectivity index is 1.97. The van der Waals surface area contributed by atoms with Crippen LogP contribution >= 0.6 is 35.0 Å². The molecule has 0 bridgehead atoms. The lowest BCUT2D eigenvalue weighted by atomic mass is 10.1. The fourth-order valence-corrected chi connectivity index (χ4v) is 3.33. The molecular weight excluding hydrogens is 325 g/mol. The zero-order chi connectivity index (χ0) is 15.2. The fourth-order valence-electron chi connectivity index (χ4n) is 1.84. The van der Waals surface area contributed by atoms with Crippen molar-refractivity contribution in [3.8, 4) is 5.75 Å². The average Bonchev–Trinajstić information content (AvgIpc) is 2.49. The lowest BCUT2D eigenvalue weighted by molar-refractivity contribution is 0.340. The van der Waals surface area contributed by atoms with Crippen LogP contribution in [0, 0.1) is 0 Å². The molecule has 0 saturated carbocycles. The quantitative estimate of drug-likeness (QED) is 0.734. The van der Waals surface area contributed by atoms with Crippen molar-refractivity contribution in [3.63, 3.8) is 0 Å². The molecule has 0 aliphatic rings. The highest BCUT2D eigenvalue weighted by Crippen LogP contribution is 2.32. The van der Waals surface area contributed by atoms with Crippen molar-refractivity contribution in [3.05, 3.63) is 58.1 Å². The summed E-state index contributed by atoms with van der Waals surface area (Å²) < 4.78 is 5.42. The molecular formula is C16H17Cl2NOS. The van der Waals surface area contributed by atoms with Gasteiger partial charge in [-0.3, -0.25) is 0 Å². The molecule has 0 radical (unpaired) electrons. The molecule has 0 amide bonds. The summed E-state index contributed by atoms with van der Waals surface area (Å²) >= 11 is 13.7. The molecule has 0 fully saturated rings. The Kier molecular flexibility index (Phi) is 6.24. The van der Waals surface area contributed by atoms with Gasteiger partial charge in [0, 0.05) is 21.7 Å². The third kappa shape index (κ3) is 4.82. The minimum Gasteiger partial charge on any atom is -0.494 e. The van der Waals surface area contributed by atoms with E-state index in [0.29, 0.717) is 16.7 Å². The van der Waals surface area contributed by atoms with Crippen LogP contribution in [-0.2, 0) is 0 Å². The van der Waals surface area contributed by atoms with Crippen LogP contribution in [0.4, 0.5) is 0 Å². The predicted octanol–water partition coefficient (Wildman–Crippen LogP) is 5.18. The van der Waals surface area contributed by atoms with Crippen molar-refractivity contribution in [1.82, 2.24) is 0 Å². The van der Waals surface area contributed by atoms with E-state index in [0.717, 1.165) is 22.0 Å². The second-order valence-electron chi connectivity index (χ2n) is 4.49. The molecule has 1 atom stereocenters. The molecule has 2 aromatic rings. The topological polar surface area (TPSA) is 35.2 Å². The van der Waals surface area contributed by atoms with Crippen LogP contribution in [0.3, 0.4) is 0 Å². The van der Waals surface area contributed by atoms with Crippen LogP contribution in [0.2, 0.25) is 10.0 Å². The summed E-state index contributed by atoms with van der Waals surface area (Å²) in [6.45, 7) is 2.62. The summed E-state index contributed by atoms with van der Waals surface area (Å²) in [7, 11) is 0. The van der Waals surface area contributed by atoms with E-state index in [1.54, 1.807) is 23.9 Å². The highest BCUT2D eigenvalue weighted by atomic mass is 35.5. The molecule has 0 aliphatic carbocycles. The Bertz CT molecular complexity index is 589. The largest absolute Gasteiger partial charge is 0.494 e. The number of nitrogens with two attached hydrogens (primary N) is 1. The summed E-state index contributed by atoms with van der Waals surface area (Å²) in [6, 6.07) is 13.2. The summed E-state index contributed by atoms with van der Waals surface area (Å²) in [5, 5.41) is 1.37. The van der Waals surface area contributed by atoms with Crippen LogP contribution in [0.1, 0.15) is 18.5 Å². The molecule has 0 spiro atoms. The van der Waals surface area contributed by atoms with Gasteiger partial charge < -0.3 is 10.5 Å². The first-order valence-corrected chi connectivity index (χ1v) is 8.40. The first-order chi connectivity index (χ1) is 10.1. The van der Waals surface area contributed by atoms with Gasteiger partial charge in [0.2, 0.25) is 0 Å². The van der Waals surface area contributed by atoms with Gasteiger partial charge in [-0.25, -0.2) is 0 Å². The summed E-state index contributed by atoms with van der Waals surface area (Å²) in [5.74, 6) is 1.59. The Labute approximate surface area is 139 Å². The Morgan fingerprint density at radius 2 is 1.86 bits per heavy atom. The molecule has 21 heavy (non-hydrogen) atoms. The van der Waals surface area contributed by atoms with Crippen LogP contribution < -0.4 is 10.5 Å². The molecule has 0 heterocycles. The lowest BCUT2D eigenvalue weighted by Gasteiger charge is -2.13. The highest BCUT2D eigenvalue weighted by Gasteiger charge is 2.09. The van der Waals surface area contributed by atoms with Crippen LogP contribution in [0.15, 0.2) is 47.4 Å². The van der Waals surface area contributed by atoms with E-state index >= 15 is 0 Å². The fraction of sp³-hybridized carbons (Fsp3) is 0.250. The van der Waals surface area contributed by atoms with E-state index in [9.17, 15) is 0 Å². The molecule has 112 valence electrons. The van der Waals surface area contributed by atoms with Crippen molar-refractivity contribution >= 4 is 35.0 Å². The first-order valence-electron chi connectivity index (χ1n) is 6.66. The van der Waals surface area contributed by atoms with Crippen LogP contribution in [-0.4, -0.2) is 12.4 Å². The third-order valence-electron chi connectivity index (χ3n) is 2.93. The van der Waals surface area contributed by atoms with Crippen molar-refractivity contribution in [2.45, 2.75) is 17.9 Å².